The average Bonchev–Trinajstić information content (AvgIpc) is 3.59. The highest BCUT2D eigenvalue weighted by molar-refractivity contribution is 6.23. The molecule has 5 atom stereocenters. The van der Waals surface area contributed by atoms with Crippen LogP contribution in [0.2, 0.25) is 0 Å². The van der Waals surface area contributed by atoms with Gasteiger partial charge in [0.1, 0.15) is 0 Å². The van der Waals surface area contributed by atoms with Gasteiger partial charge in [-0.15, -0.1) is 0 Å². The van der Waals surface area contributed by atoms with E-state index < -0.39 is 5.97 Å². The Bertz CT molecular complexity index is 1350. The van der Waals surface area contributed by atoms with Crippen LogP contribution in [-0.2, 0) is 14.3 Å². The Morgan fingerprint density at radius 1 is 0.778 bits per heavy atom. The van der Waals surface area contributed by atoms with E-state index in [4.69, 9.17) is 4.74 Å². The summed E-state index contributed by atoms with van der Waals surface area (Å²) in [5.41, 5.74) is 2.26. The van der Waals surface area contributed by atoms with Crippen molar-refractivity contribution in [2.24, 2.45) is 23.7 Å². The van der Waals surface area contributed by atoms with Gasteiger partial charge < -0.3 is 4.74 Å². The molecule has 6 heteroatoms. The van der Waals surface area contributed by atoms with Crippen molar-refractivity contribution < 1.29 is 23.9 Å². The molecule has 3 aliphatic rings. The number of benzene rings is 3. The predicted molar refractivity (Wildman–Crippen MR) is 132 cm³/mol. The van der Waals surface area contributed by atoms with Gasteiger partial charge in [0.05, 0.1) is 23.1 Å². The summed E-state index contributed by atoms with van der Waals surface area (Å²) in [7, 11) is 0. The van der Waals surface area contributed by atoms with Crippen LogP contribution in [0.5, 0.6) is 0 Å². The van der Waals surface area contributed by atoms with Crippen molar-refractivity contribution in [2.75, 3.05) is 11.5 Å². The van der Waals surface area contributed by atoms with Crippen molar-refractivity contribution in [2.45, 2.75) is 18.8 Å². The molecule has 0 radical (unpaired) electrons. The summed E-state index contributed by atoms with van der Waals surface area (Å²) in [5.74, 6) is -1.30. The maximum Gasteiger partial charge on any atom is 0.338 e. The third-order valence-electron chi connectivity index (χ3n) is 8.01. The lowest BCUT2D eigenvalue weighted by Crippen LogP contribution is -2.33. The first-order valence-electron chi connectivity index (χ1n) is 12.3. The number of ether oxygens (including phenoxy) is 1. The number of ketones is 1. The number of carbonyl (C=O) groups excluding carboxylic acids is 4. The second-order valence-corrected chi connectivity index (χ2v) is 9.89. The van der Waals surface area contributed by atoms with Gasteiger partial charge in [-0.25, -0.2) is 4.79 Å². The van der Waals surface area contributed by atoms with Crippen LogP contribution in [-0.4, -0.2) is 30.2 Å². The average molecular weight is 480 g/mol. The number of nitrogens with zero attached hydrogens (tertiary/aromatic N) is 1. The highest BCUT2D eigenvalue weighted by Crippen LogP contribution is 2.61. The maximum absolute atomic E-state index is 13.6. The van der Waals surface area contributed by atoms with Crippen LogP contribution in [0.25, 0.3) is 0 Å². The number of hydrogen-bond donors (Lipinski definition) is 0. The lowest BCUT2D eigenvalue weighted by atomic mass is 9.73. The van der Waals surface area contributed by atoms with Crippen molar-refractivity contribution in [3.63, 3.8) is 0 Å². The maximum atomic E-state index is 13.6. The van der Waals surface area contributed by atoms with Gasteiger partial charge in [0.15, 0.2) is 12.4 Å². The van der Waals surface area contributed by atoms with E-state index in [0.717, 1.165) is 12.8 Å². The van der Waals surface area contributed by atoms with Crippen LogP contribution < -0.4 is 4.90 Å². The molecule has 36 heavy (non-hydrogen) atoms. The molecule has 1 saturated heterocycles. The van der Waals surface area contributed by atoms with Crippen LogP contribution in [0, 0.1) is 23.7 Å². The van der Waals surface area contributed by atoms with Gasteiger partial charge in [0, 0.05) is 5.56 Å². The molecule has 0 spiro atoms. The number of hydrogen-bond acceptors (Lipinski definition) is 5. The lowest BCUT2D eigenvalue weighted by molar-refractivity contribution is -0.123. The molecule has 0 unspecified atom stereocenters. The van der Waals surface area contributed by atoms with E-state index in [-0.39, 0.29) is 59.4 Å². The smallest absolute Gasteiger partial charge is 0.338 e. The van der Waals surface area contributed by atoms with Gasteiger partial charge in [-0.05, 0) is 54.4 Å². The van der Waals surface area contributed by atoms with Crippen LogP contribution in [0.15, 0.2) is 84.9 Å². The number of amides is 2. The van der Waals surface area contributed by atoms with Crippen molar-refractivity contribution in [3.8, 4) is 0 Å². The monoisotopic (exact) mass is 479 g/mol. The Hall–Kier alpha value is -4.06. The molecule has 2 bridgehead atoms. The quantitative estimate of drug-likeness (QED) is 0.292. The van der Waals surface area contributed by atoms with Gasteiger partial charge in [-0.2, -0.15) is 0 Å². The molecule has 0 N–H and O–H groups in total. The van der Waals surface area contributed by atoms with Crippen molar-refractivity contribution >= 4 is 29.3 Å². The third-order valence-corrected chi connectivity index (χ3v) is 8.01. The van der Waals surface area contributed by atoms with Crippen LogP contribution in [0.4, 0.5) is 5.69 Å². The minimum absolute atomic E-state index is 0.154. The molecule has 6 nitrogen and oxygen atoms in total. The van der Waals surface area contributed by atoms with Gasteiger partial charge in [0.25, 0.3) is 0 Å². The Labute approximate surface area is 208 Å². The molecule has 3 aromatic carbocycles. The number of fused-ring (bicyclic) bond motifs is 5. The molecule has 6 rings (SSSR count). The Kier molecular flexibility index (Phi) is 5.52. The third kappa shape index (κ3) is 3.65. The number of anilines is 1. The SMILES string of the molecule is O=C(COC(=O)c1cccc(N2C(=O)[C@@H]3[C@H]4C[C@H]([C@H]3C2=O)[C@@H](c2ccccc2)C4)c1)c1ccccc1. The van der Waals surface area contributed by atoms with E-state index in [1.165, 1.54) is 16.5 Å². The van der Waals surface area contributed by atoms with Gasteiger partial charge >= 0.3 is 5.97 Å². The molecule has 3 fully saturated rings. The van der Waals surface area contributed by atoms with E-state index in [0.29, 0.717) is 11.3 Å². The zero-order valence-electron chi connectivity index (χ0n) is 19.6. The Morgan fingerprint density at radius 3 is 2.19 bits per heavy atom. The first-order valence-corrected chi connectivity index (χ1v) is 12.3. The first kappa shape index (κ1) is 22.4. The molecular weight excluding hydrogens is 454 g/mol. The van der Waals surface area contributed by atoms with Crippen molar-refractivity contribution in [1.29, 1.82) is 0 Å². The second-order valence-electron chi connectivity index (χ2n) is 9.89. The van der Waals surface area contributed by atoms with Gasteiger partial charge in [-0.3, -0.25) is 19.3 Å². The molecular formula is C30H25NO5. The molecule has 1 aliphatic heterocycles. The summed E-state index contributed by atoms with van der Waals surface area (Å²) in [4.78, 5) is 53.2. The number of imide groups is 1. The first-order chi connectivity index (χ1) is 17.5. The molecule has 0 aromatic heterocycles. The van der Waals surface area contributed by atoms with Crippen LogP contribution in [0.1, 0.15) is 45.0 Å². The minimum atomic E-state index is -0.676. The van der Waals surface area contributed by atoms with Gasteiger partial charge in [0.2, 0.25) is 11.8 Å². The normalized spacial score (nSPS) is 26.2. The summed E-state index contributed by atoms with van der Waals surface area (Å²) in [5, 5.41) is 0. The molecule has 1 heterocycles. The fraction of sp³-hybridized carbons (Fsp3) is 0.267. The molecule has 2 saturated carbocycles. The van der Waals surface area contributed by atoms with Crippen molar-refractivity contribution in [1.82, 2.24) is 0 Å². The van der Waals surface area contributed by atoms with Crippen molar-refractivity contribution in [3.05, 3.63) is 102 Å². The highest BCUT2D eigenvalue weighted by Gasteiger charge is 2.64. The van der Waals surface area contributed by atoms with E-state index in [1.54, 1.807) is 48.5 Å². The van der Waals surface area contributed by atoms with Gasteiger partial charge in [-0.1, -0.05) is 66.7 Å². The van der Waals surface area contributed by atoms with E-state index in [1.807, 2.05) is 18.2 Å². The Morgan fingerprint density at radius 2 is 1.44 bits per heavy atom. The summed E-state index contributed by atoms with van der Waals surface area (Å²) in [6.07, 6.45) is 1.83. The number of esters is 1. The largest absolute Gasteiger partial charge is 0.454 e. The fourth-order valence-corrected chi connectivity index (χ4v) is 6.49. The molecule has 2 amide bonds. The predicted octanol–water partition coefficient (Wildman–Crippen LogP) is 4.66. The fourth-order valence-electron chi connectivity index (χ4n) is 6.49. The summed E-state index contributed by atoms with van der Waals surface area (Å²) in [6.45, 7) is -0.386. The molecule has 3 aromatic rings. The van der Waals surface area contributed by atoms with E-state index in [2.05, 4.69) is 12.1 Å². The zero-order chi connectivity index (χ0) is 24.8. The van der Waals surface area contributed by atoms with Crippen LogP contribution >= 0.6 is 0 Å². The summed E-state index contributed by atoms with van der Waals surface area (Å²) >= 11 is 0. The molecule has 2 aliphatic carbocycles. The Balaban J connectivity index is 1.19. The van der Waals surface area contributed by atoms with E-state index >= 15 is 0 Å². The number of Topliss-reactive ketones (excluding diaryl/α,β-unsaturated/α-hetero) is 1. The molecule has 180 valence electrons. The second kappa shape index (κ2) is 8.86. The van der Waals surface area contributed by atoms with Crippen LogP contribution in [0.3, 0.4) is 0 Å². The highest BCUT2D eigenvalue weighted by atomic mass is 16.5. The topological polar surface area (TPSA) is 80.8 Å². The minimum Gasteiger partial charge on any atom is -0.454 e. The summed E-state index contributed by atoms with van der Waals surface area (Å²) in [6, 6.07) is 25.2. The lowest BCUT2D eigenvalue weighted by Gasteiger charge is -2.28. The standard InChI is InChI=1S/C30H25NO5/c32-25(19-10-5-2-6-11-19)17-36-30(35)20-12-7-13-22(14-20)31-28(33)26-21-15-23(18-8-3-1-4-9-18)24(16-21)27(26)29(31)34/h1-14,21,23-24,26-27H,15-17H2/t21-,23-,24+,26-,27-/m1/s1. The zero-order valence-corrected chi connectivity index (χ0v) is 19.6. The summed E-state index contributed by atoms with van der Waals surface area (Å²) < 4.78 is 5.22. The number of carbonyl (C=O) groups is 4. The van der Waals surface area contributed by atoms with E-state index in [9.17, 15) is 19.2 Å². The number of rotatable bonds is 6.